The third-order valence-electron chi connectivity index (χ3n) is 1.96. The number of hydrogen-bond donors (Lipinski definition) is 2. The Balaban J connectivity index is 3.40. The Hall–Kier alpha value is -0.340. The van der Waals surface area contributed by atoms with Crippen molar-refractivity contribution in [2.24, 2.45) is 5.92 Å². The SMILES string of the molecule is C=CCNCC(CCC)CCO. The van der Waals surface area contributed by atoms with Gasteiger partial charge in [-0.2, -0.15) is 0 Å². The summed E-state index contributed by atoms with van der Waals surface area (Å²) in [5, 5.41) is 12.0. The quantitative estimate of drug-likeness (QED) is 0.429. The van der Waals surface area contributed by atoms with Crippen molar-refractivity contribution in [1.82, 2.24) is 5.32 Å². The van der Waals surface area contributed by atoms with E-state index in [9.17, 15) is 0 Å². The zero-order valence-electron chi connectivity index (χ0n) is 8.05. The lowest BCUT2D eigenvalue weighted by molar-refractivity contribution is 0.249. The number of rotatable bonds is 8. The molecule has 72 valence electrons. The van der Waals surface area contributed by atoms with Crippen LogP contribution in [0.1, 0.15) is 26.2 Å². The minimum Gasteiger partial charge on any atom is -0.396 e. The van der Waals surface area contributed by atoms with Crippen molar-refractivity contribution in [3.8, 4) is 0 Å². The van der Waals surface area contributed by atoms with Gasteiger partial charge in [0.15, 0.2) is 0 Å². The molecule has 0 heterocycles. The second-order valence-corrected chi connectivity index (χ2v) is 3.11. The monoisotopic (exact) mass is 171 g/mol. The Labute approximate surface area is 75.7 Å². The van der Waals surface area contributed by atoms with Crippen LogP contribution < -0.4 is 5.32 Å². The van der Waals surface area contributed by atoms with E-state index in [1.807, 2.05) is 6.08 Å². The Morgan fingerprint density at radius 2 is 2.25 bits per heavy atom. The number of hydrogen-bond acceptors (Lipinski definition) is 2. The topological polar surface area (TPSA) is 32.3 Å². The first-order valence-corrected chi connectivity index (χ1v) is 4.77. The van der Waals surface area contributed by atoms with Gasteiger partial charge >= 0.3 is 0 Å². The highest BCUT2D eigenvalue weighted by atomic mass is 16.3. The lowest BCUT2D eigenvalue weighted by atomic mass is 10.0. The van der Waals surface area contributed by atoms with Gasteiger partial charge in [-0.1, -0.05) is 19.4 Å². The van der Waals surface area contributed by atoms with Crippen molar-refractivity contribution in [3.63, 3.8) is 0 Å². The van der Waals surface area contributed by atoms with Crippen molar-refractivity contribution in [1.29, 1.82) is 0 Å². The molecule has 0 aromatic carbocycles. The molecule has 1 unspecified atom stereocenters. The standard InChI is InChI=1S/C10H21NO/c1-3-5-10(6-8-12)9-11-7-4-2/h4,10-12H,2-3,5-9H2,1H3. The second-order valence-electron chi connectivity index (χ2n) is 3.11. The van der Waals surface area contributed by atoms with E-state index in [1.165, 1.54) is 12.8 Å². The fourth-order valence-electron chi connectivity index (χ4n) is 1.33. The van der Waals surface area contributed by atoms with Gasteiger partial charge in [0.1, 0.15) is 0 Å². The summed E-state index contributed by atoms with van der Waals surface area (Å²) < 4.78 is 0. The van der Waals surface area contributed by atoms with Crippen LogP contribution in [0.5, 0.6) is 0 Å². The third kappa shape index (κ3) is 6.38. The molecule has 0 aromatic rings. The van der Waals surface area contributed by atoms with Crippen molar-refractivity contribution < 1.29 is 5.11 Å². The lowest BCUT2D eigenvalue weighted by Gasteiger charge is -2.14. The minimum atomic E-state index is 0.306. The Kier molecular flexibility index (Phi) is 8.51. The predicted molar refractivity (Wildman–Crippen MR) is 53.2 cm³/mol. The smallest absolute Gasteiger partial charge is 0.0434 e. The molecule has 2 heteroatoms. The molecule has 0 fully saturated rings. The molecular weight excluding hydrogens is 150 g/mol. The van der Waals surface area contributed by atoms with Gasteiger partial charge in [0, 0.05) is 13.2 Å². The summed E-state index contributed by atoms with van der Waals surface area (Å²) in [6, 6.07) is 0. The summed E-state index contributed by atoms with van der Waals surface area (Å²) in [5.74, 6) is 0.625. The van der Waals surface area contributed by atoms with Crippen molar-refractivity contribution in [3.05, 3.63) is 12.7 Å². The molecule has 0 amide bonds. The van der Waals surface area contributed by atoms with Crippen molar-refractivity contribution in [2.75, 3.05) is 19.7 Å². The van der Waals surface area contributed by atoms with Crippen LogP contribution in [0, 0.1) is 5.92 Å². The molecule has 0 saturated carbocycles. The van der Waals surface area contributed by atoms with E-state index in [0.29, 0.717) is 12.5 Å². The van der Waals surface area contributed by atoms with Gasteiger partial charge in [-0.15, -0.1) is 6.58 Å². The summed E-state index contributed by atoms with van der Waals surface area (Å²) in [5.41, 5.74) is 0. The molecule has 2 N–H and O–H groups in total. The van der Waals surface area contributed by atoms with Gasteiger partial charge in [-0.05, 0) is 25.3 Å². The summed E-state index contributed by atoms with van der Waals surface area (Å²) in [4.78, 5) is 0. The minimum absolute atomic E-state index is 0.306. The van der Waals surface area contributed by atoms with E-state index in [-0.39, 0.29) is 0 Å². The van der Waals surface area contributed by atoms with E-state index in [0.717, 1.165) is 19.5 Å². The van der Waals surface area contributed by atoms with Gasteiger partial charge in [-0.25, -0.2) is 0 Å². The molecular formula is C10H21NO. The van der Waals surface area contributed by atoms with Crippen LogP contribution in [-0.4, -0.2) is 24.8 Å². The zero-order chi connectivity index (χ0) is 9.23. The lowest BCUT2D eigenvalue weighted by Crippen LogP contribution is -2.23. The first-order chi connectivity index (χ1) is 5.85. The molecule has 0 aliphatic rings. The van der Waals surface area contributed by atoms with E-state index in [1.54, 1.807) is 0 Å². The average molecular weight is 171 g/mol. The molecule has 0 bridgehead atoms. The summed E-state index contributed by atoms with van der Waals surface area (Å²) in [6.45, 7) is 7.99. The van der Waals surface area contributed by atoms with Crippen LogP contribution in [0.2, 0.25) is 0 Å². The van der Waals surface area contributed by atoms with Crippen LogP contribution in [-0.2, 0) is 0 Å². The first kappa shape index (κ1) is 11.7. The Bertz CT molecular complexity index is 98.0. The maximum Gasteiger partial charge on any atom is 0.0434 e. The van der Waals surface area contributed by atoms with Crippen LogP contribution in [0.25, 0.3) is 0 Å². The van der Waals surface area contributed by atoms with Gasteiger partial charge < -0.3 is 10.4 Å². The first-order valence-electron chi connectivity index (χ1n) is 4.77. The normalized spacial score (nSPS) is 12.8. The zero-order valence-corrected chi connectivity index (χ0v) is 8.05. The summed E-state index contributed by atoms with van der Waals surface area (Å²) >= 11 is 0. The second kappa shape index (κ2) is 8.75. The summed E-state index contributed by atoms with van der Waals surface area (Å²) in [6.07, 6.45) is 5.17. The molecule has 0 spiro atoms. The van der Waals surface area contributed by atoms with E-state index < -0.39 is 0 Å². The third-order valence-corrected chi connectivity index (χ3v) is 1.96. The van der Waals surface area contributed by atoms with Gasteiger partial charge in [0.2, 0.25) is 0 Å². The predicted octanol–water partition coefficient (Wildman–Crippen LogP) is 1.56. The van der Waals surface area contributed by atoms with Crippen LogP contribution in [0.4, 0.5) is 0 Å². The van der Waals surface area contributed by atoms with Crippen molar-refractivity contribution in [2.45, 2.75) is 26.2 Å². The fourth-order valence-corrected chi connectivity index (χ4v) is 1.33. The highest BCUT2D eigenvalue weighted by Gasteiger charge is 2.05. The van der Waals surface area contributed by atoms with Gasteiger partial charge in [0.05, 0.1) is 0 Å². The van der Waals surface area contributed by atoms with Crippen LogP contribution in [0.3, 0.4) is 0 Å². The maximum atomic E-state index is 8.77. The largest absolute Gasteiger partial charge is 0.396 e. The van der Waals surface area contributed by atoms with Gasteiger partial charge in [0.25, 0.3) is 0 Å². The Morgan fingerprint density at radius 3 is 2.75 bits per heavy atom. The number of aliphatic hydroxyl groups is 1. The van der Waals surface area contributed by atoms with Crippen LogP contribution >= 0.6 is 0 Å². The molecule has 12 heavy (non-hydrogen) atoms. The highest BCUT2D eigenvalue weighted by Crippen LogP contribution is 2.08. The number of aliphatic hydroxyl groups excluding tert-OH is 1. The average Bonchev–Trinajstić information content (AvgIpc) is 2.06. The van der Waals surface area contributed by atoms with Crippen molar-refractivity contribution >= 4 is 0 Å². The summed E-state index contributed by atoms with van der Waals surface area (Å²) in [7, 11) is 0. The van der Waals surface area contributed by atoms with E-state index >= 15 is 0 Å². The highest BCUT2D eigenvalue weighted by molar-refractivity contribution is 4.71. The maximum absolute atomic E-state index is 8.77. The van der Waals surface area contributed by atoms with Crippen LogP contribution in [0.15, 0.2) is 12.7 Å². The molecule has 1 atom stereocenters. The fraction of sp³-hybridized carbons (Fsp3) is 0.800. The van der Waals surface area contributed by atoms with E-state index in [4.69, 9.17) is 5.11 Å². The molecule has 0 aliphatic heterocycles. The molecule has 0 saturated heterocycles. The Morgan fingerprint density at radius 1 is 1.50 bits per heavy atom. The number of nitrogens with one attached hydrogen (secondary N) is 1. The van der Waals surface area contributed by atoms with E-state index in [2.05, 4.69) is 18.8 Å². The molecule has 0 aromatic heterocycles. The molecule has 0 radical (unpaired) electrons. The molecule has 0 rings (SSSR count). The molecule has 0 aliphatic carbocycles. The van der Waals surface area contributed by atoms with Gasteiger partial charge in [-0.3, -0.25) is 0 Å². The molecule has 2 nitrogen and oxygen atoms in total.